The minimum absolute atomic E-state index is 0.194. The Labute approximate surface area is 136 Å². The highest BCUT2D eigenvalue weighted by Gasteiger charge is 2.27. The van der Waals surface area contributed by atoms with Gasteiger partial charge in [0.15, 0.2) is 11.5 Å². The molecule has 2 aromatic carbocycles. The van der Waals surface area contributed by atoms with Gasteiger partial charge in [0, 0.05) is 5.69 Å². The molecule has 120 valence electrons. The number of amides is 1. The molecular weight excluding hydrogens is 290 g/mol. The van der Waals surface area contributed by atoms with Crippen LogP contribution in [0.1, 0.15) is 25.3 Å². The third-order valence-corrected chi connectivity index (χ3v) is 3.84. The summed E-state index contributed by atoms with van der Waals surface area (Å²) in [5.74, 6) is 1.09. The molecule has 0 radical (unpaired) electrons. The quantitative estimate of drug-likeness (QED) is 0.913. The molecule has 1 heterocycles. The number of hydrogen-bond donors (Lipinski definition) is 1. The summed E-state index contributed by atoms with van der Waals surface area (Å²) in [7, 11) is 0. The van der Waals surface area contributed by atoms with Crippen molar-refractivity contribution in [3.8, 4) is 11.5 Å². The zero-order valence-electron chi connectivity index (χ0n) is 13.2. The van der Waals surface area contributed by atoms with E-state index in [1.165, 1.54) is 18.4 Å². The third kappa shape index (κ3) is 3.83. The summed E-state index contributed by atoms with van der Waals surface area (Å²) in [6.07, 6.45) is 2.79. The lowest BCUT2D eigenvalue weighted by molar-refractivity contribution is -0.125. The van der Waals surface area contributed by atoms with Gasteiger partial charge < -0.3 is 14.8 Å². The van der Waals surface area contributed by atoms with Crippen molar-refractivity contribution in [3.63, 3.8) is 0 Å². The van der Waals surface area contributed by atoms with E-state index in [0.29, 0.717) is 11.5 Å². The van der Waals surface area contributed by atoms with E-state index in [-0.39, 0.29) is 12.5 Å². The van der Waals surface area contributed by atoms with Crippen LogP contribution in [0.2, 0.25) is 0 Å². The Morgan fingerprint density at radius 3 is 2.61 bits per heavy atom. The van der Waals surface area contributed by atoms with Crippen molar-refractivity contribution in [2.24, 2.45) is 0 Å². The van der Waals surface area contributed by atoms with E-state index in [0.717, 1.165) is 12.1 Å². The molecule has 0 saturated carbocycles. The zero-order valence-corrected chi connectivity index (χ0v) is 13.2. The van der Waals surface area contributed by atoms with Crippen LogP contribution >= 0.6 is 0 Å². The van der Waals surface area contributed by atoms with E-state index in [2.05, 4.69) is 24.4 Å². The Bertz CT molecular complexity index is 667. The van der Waals surface area contributed by atoms with E-state index in [4.69, 9.17) is 9.47 Å². The molecule has 1 N–H and O–H groups in total. The number of aryl methyl sites for hydroxylation is 1. The Kier molecular flexibility index (Phi) is 4.81. The van der Waals surface area contributed by atoms with Crippen LogP contribution in [0.5, 0.6) is 11.5 Å². The van der Waals surface area contributed by atoms with Crippen molar-refractivity contribution in [2.75, 3.05) is 11.9 Å². The van der Waals surface area contributed by atoms with Gasteiger partial charge in [0.05, 0.1) is 0 Å². The molecule has 0 unspecified atom stereocenters. The Morgan fingerprint density at radius 1 is 1.13 bits per heavy atom. The van der Waals surface area contributed by atoms with Gasteiger partial charge in [0.25, 0.3) is 5.91 Å². The number of carbonyl (C=O) groups is 1. The fourth-order valence-corrected chi connectivity index (χ4v) is 2.51. The molecule has 0 aliphatic carbocycles. The smallest absolute Gasteiger partial charge is 0.269 e. The average Bonchev–Trinajstić information content (AvgIpc) is 2.60. The first-order chi connectivity index (χ1) is 11.3. The number of benzene rings is 2. The van der Waals surface area contributed by atoms with Crippen LogP contribution in [0.4, 0.5) is 5.69 Å². The van der Waals surface area contributed by atoms with E-state index >= 15 is 0 Å². The van der Waals surface area contributed by atoms with Gasteiger partial charge in [-0.2, -0.15) is 0 Å². The number of rotatable bonds is 5. The number of unbranched alkanes of at least 4 members (excludes halogenated alkanes) is 1. The van der Waals surface area contributed by atoms with Crippen molar-refractivity contribution >= 4 is 11.6 Å². The summed E-state index contributed by atoms with van der Waals surface area (Å²) in [5.41, 5.74) is 2.06. The van der Waals surface area contributed by atoms with Crippen molar-refractivity contribution in [1.82, 2.24) is 0 Å². The van der Waals surface area contributed by atoms with Crippen LogP contribution < -0.4 is 14.8 Å². The molecule has 0 fully saturated rings. The second-order valence-electron chi connectivity index (χ2n) is 5.65. The lowest BCUT2D eigenvalue weighted by Gasteiger charge is -2.25. The van der Waals surface area contributed by atoms with E-state index in [1.807, 2.05) is 30.3 Å². The van der Waals surface area contributed by atoms with Gasteiger partial charge in [-0.15, -0.1) is 0 Å². The maximum atomic E-state index is 12.3. The first kappa shape index (κ1) is 15.4. The van der Waals surface area contributed by atoms with Crippen molar-refractivity contribution in [3.05, 3.63) is 54.1 Å². The molecule has 3 rings (SSSR count). The molecule has 23 heavy (non-hydrogen) atoms. The topological polar surface area (TPSA) is 47.6 Å². The largest absolute Gasteiger partial charge is 0.485 e. The fraction of sp³-hybridized carbons (Fsp3) is 0.316. The third-order valence-electron chi connectivity index (χ3n) is 3.84. The second-order valence-corrected chi connectivity index (χ2v) is 5.65. The molecule has 0 saturated heterocycles. The second kappa shape index (κ2) is 7.18. The molecule has 0 aromatic heterocycles. The number of fused-ring (bicyclic) bond motifs is 1. The van der Waals surface area contributed by atoms with Crippen molar-refractivity contribution < 1.29 is 14.3 Å². The van der Waals surface area contributed by atoms with Crippen LogP contribution in [-0.2, 0) is 11.2 Å². The number of nitrogens with one attached hydrogen (secondary N) is 1. The first-order valence-electron chi connectivity index (χ1n) is 8.04. The van der Waals surface area contributed by atoms with Crippen molar-refractivity contribution in [2.45, 2.75) is 32.3 Å². The summed E-state index contributed by atoms with van der Waals surface area (Å²) in [6.45, 7) is 2.40. The van der Waals surface area contributed by atoms with Gasteiger partial charge in [-0.3, -0.25) is 4.79 Å². The molecular formula is C19H21NO3. The Hall–Kier alpha value is -2.49. The molecule has 0 spiro atoms. The summed E-state index contributed by atoms with van der Waals surface area (Å²) < 4.78 is 11.3. The molecule has 1 aliphatic heterocycles. The Balaban J connectivity index is 1.59. The van der Waals surface area contributed by atoms with Crippen LogP contribution in [0.15, 0.2) is 48.5 Å². The molecule has 1 amide bonds. The zero-order chi connectivity index (χ0) is 16.1. The maximum absolute atomic E-state index is 12.3. The minimum atomic E-state index is -0.635. The summed E-state index contributed by atoms with van der Waals surface area (Å²) in [4.78, 5) is 12.3. The average molecular weight is 311 g/mol. The van der Waals surface area contributed by atoms with Gasteiger partial charge in [0.2, 0.25) is 6.10 Å². The predicted octanol–water partition coefficient (Wildman–Crippen LogP) is 3.81. The number of carbonyl (C=O) groups excluding carboxylic acids is 1. The molecule has 1 atom stereocenters. The summed E-state index contributed by atoms with van der Waals surface area (Å²) >= 11 is 0. The van der Waals surface area contributed by atoms with Gasteiger partial charge in [-0.1, -0.05) is 37.6 Å². The van der Waals surface area contributed by atoms with Crippen LogP contribution in [0.3, 0.4) is 0 Å². The molecule has 2 aromatic rings. The highest BCUT2D eigenvalue weighted by Crippen LogP contribution is 2.31. The van der Waals surface area contributed by atoms with E-state index < -0.39 is 6.10 Å². The van der Waals surface area contributed by atoms with Crippen LogP contribution in [0.25, 0.3) is 0 Å². The van der Waals surface area contributed by atoms with Gasteiger partial charge in [0.1, 0.15) is 6.61 Å². The predicted molar refractivity (Wildman–Crippen MR) is 90.0 cm³/mol. The normalized spacial score (nSPS) is 16.0. The van der Waals surface area contributed by atoms with Gasteiger partial charge in [-0.05, 0) is 42.7 Å². The van der Waals surface area contributed by atoms with Gasteiger partial charge >= 0.3 is 0 Å². The number of hydrogen-bond acceptors (Lipinski definition) is 3. The lowest BCUT2D eigenvalue weighted by Crippen LogP contribution is -2.40. The summed E-state index contributed by atoms with van der Waals surface area (Å²) in [6, 6.07) is 15.3. The number of ether oxygens (including phenoxy) is 2. The molecule has 1 aliphatic rings. The van der Waals surface area contributed by atoms with Gasteiger partial charge in [-0.25, -0.2) is 0 Å². The maximum Gasteiger partial charge on any atom is 0.269 e. The minimum Gasteiger partial charge on any atom is -0.485 e. The van der Waals surface area contributed by atoms with Crippen LogP contribution in [-0.4, -0.2) is 18.6 Å². The number of para-hydroxylation sites is 2. The highest BCUT2D eigenvalue weighted by atomic mass is 16.6. The molecule has 4 heteroatoms. The fourth-order valence-electron chi connectivity index (χ4n) is 2.51. The lowest BCUT2D eigenvalue weighted by atomic mass is 10.1. The molecule has 0 bridgehead atoms. The van der Waals surface area contributed by atoms with Crippen molar-refractivity contribution in [1.29, 1.82) is 0 Å². The first-order valence-corrected chi connectivity index (χ1v) is 8.04. The standard InChI is InChI=1S/C19H21NO3/c1-2-3-6-14-9-11-15(12-10-14)20-19(21)18-13-22-16-7-4-5-8-17(16)23-18/h4-5,7-12,18H,2-3,6,13H2,1H3,(H,20,21)/t18-/m1/s1. The highest BCUT2D eigenvalue weighted by molar-refractivity contribution is 5.94. The number of anilines is 1. The monoisotopic (exact) mass is 311 g/mol. The molecule has 4 nitrogen and oxygen atoms in total. The van der Waals surface area contributed by atoms with E-state index in [9.17, 15) is 4.79 Å². The summed E-state index contributed by atoms with van der Waals surface area (Å²) in [5, 5.41) is 2.88. The Morgan fingerprint density at radius 2 is 1.87 bits per heavy atom. The van der Waals surface area contributed by atoms with Crippen LogP contribution in [0, 0.1) is 0 Å². The van der Waals surface area contributed by atoms with E-state index in [1.54, 1.807) is 6.07 Å². The SMILES string of the molecule is CCCCc1ccc(NC(=O)[C@H]2COc3ccccc3O2)cc1.